The Labute approximate surface area is 103 Å². The van der Waals surface area contributed by atoms with E-state index in [2.05, 4.69) is 43.6 Å². The van der Waals surface area contributed by atoms with Crippen molar-refractivity contribution in [1.29, 1.82) is 0 Å². The molecule has 0 N–H and O–H groups in total. The fourth-order valence-corrected chi connectivity index (χ4v) is 3.29. The summed E-state index contributed by atoms with van der Waals surface area (Å²) in [6.07, 6.45) is 5.42. The van der Waals surface area contributed by atoms with Crippen molar-refractivity contribution >= 4 is 15.9 Å². The third-order valence-electron chi connectivity index (χ3n) is 4.00. The average Bonchev–Trinajstić information content (AvgIpc) is 2.23. The molecule has 1 fully saturated rings. The van der Waals surface area contributed by atoms with Gasteiger partial charge in [0.1, 0.15) is 0 Å². The Kier molecular flexibility index (Phi) is 5.11. The molecule has 0 aromatic rings. The summed E-state index contributed by atoms with van der Waals surface area (Å²) in [5, 5.41) is 0. The van der Waals surface area contributed by atoms with E-state index in [-0.39, 0.29) is 0 Å². The van der Waals surface area contributed by atoms with Gasteiger partial charge in [-0.3, -0.25) is 0 Å². The fraction of sp³-hybridized carbons (Fsp3) is 1.00. The zero-order valence-corrected chi connectivity index (χ0v) is 12.1. The van der Waals surface area contributed by atoms with E-state index in [0.29, 0.717) is 22.3 Å². The Morgan fingerprint density at radius 1 is 1.47 bits per heavy atom. The van der Waals surface area contributed by atoms with E-state index < -0.39 is 0 Å². The second kappa shape index (κ2) is 5.67. The van der Waals surface area contributed by atoms with Gasteiger partial charge in [0.2, 0.25) is 0 Å². The van der Waals surface area contributed by atoms with Crippen molar-refractivity contribution in [2.75, 3.05) is 6.61 Å². The Balaban J connectivity index is 2.28. The number of ether oxygens (including phenoxy) is 1. The molecule has 0 aliphatic heterocycles. The number of hydrogen-bond donors (Lipinski definition) is 0. The van der Waals surface area contributed by atoms with Crippen LogP contribution in [0.25, 0.3) is 0 Å². The van der Waals surface area contributed by atoms with Gasteiger partial charge in [0.05, 0.1) is 6.10 Å². The molecule has 0 radical (unpaired) electrons. The molecule has 1 saturated carbocycles. The lowest BCUT2D eigenvalue weighted by Crippen LogP contribution is -2.53. The van der Waals surface area contributed by atoms with Gasteiger partial charge >= 0.3 is 0 Å². The van der Waals surface area contributed by atoms with Gasteiger partial charge in [-0.25, -0.2) is 0 Å². The first-order valence-corrected chi connectivity index (χ1v) is 7.21. The summed E-state index contributed by atoms with van der Waals surface area (Å²) in [6.45, 7) is 10.1. The summed E-state index contributed by atoms with van der Waals surface area (Å²) >= 11 is 3.74. The van der Waals surface area contributed by atoms with Crippen molar-refractivity contribution in [1.82, 2.24) is 0 Å². The highest BCUT2D eigenvalue weighted by molar-refractivity contribution is 9.09. The molecule has 2 heteroatoms. The van der Waals surface area contributed by atoms with Gasteiger partial charge in [0.15, 0.2) is 0 Å². The lowest BCUT2D eigenvalue weighted by atomic mass is 9.65. The van der Waals surface area contributed by atoms with Gasteiger partial charge in [-0.2, -0.15) is 0 Å². The zero-order valence-electron chi connectivity index (χ0n) is 10.6. The average molecular weight is 277 g/mol. The summed E-state index contributed by atoms with van der Waals surface area (Å²) in [6, 6.07) is 0. The summed E-state index contributed by atoms with van der Waals surface area (Å²) < 4.78 is 6.04. The largest absolute Gasteiger partial charge is 0.377 e. The fourth-order valence-electron chi connectivity index (χ4n) is 2.33. The smallest absolute Gasteiger partial charge is 0.0650 e. The van der Waals surface area contributed by atoms with Crippen molar-refractivity contribution in [2.24, 2.45) is 11.3 Å². The lowest BCUT2D eigenvalue weighted by molar-refractivity contribution is -0.105. The van der Waals surface area contributed by atoms with Gasteiger partial charge in [0.25, 0.3) is 0 Å². The molecule has 1 aliphatic carbocycles. The first-order valence-electron chi connectivity index (χ1n) is 6.30. The predicted molar refractivity (Wildman–Crippen MR) is 69.5 cm³/mol. The molecule has 4 unspecified atom stereocenters. The molecule has 1 aliphatic rings. The number of rotatable bonds is 6. The van der Waals surface area contributed by atoms with Gasteiger partial charge < -0.3 is 4.74 Å². The minimum absolute atomic E-state index is 0.367. The van der Waals surface area contributed by atoms with E-state index in [9.17, 15) is 0 Å². The molecule has 0 amide bonds. The van der Waals surface area contributed by atoms with E-state index in [1.54, 1.807) is 0 Å². The zero-order chi connectivity index (χ0) is 11.5. The van der Waals surface area contributed by atoms with Crippen LogP contribution in [-0.4, -0.2) is 17.5 Å². The summed E-state index contributed by atoms with van der Waals surface area (Å²) in [5.41, 5.74) is 0.367. The van der Waals surface area contributed by atoms with Crippen molar-refractivity contribution in [2.45, 2.75) is 64.3 Å². The Morgan fingerprint density at radius 2 is 2.13 bits per heavy atom. The molecular weight excluding hydrogens is 252 g/mol. The van der Waals surface area contributed by atoms with Crippen LogP contribution in [0.5, 0.6) is 0 Å². The SMILES string of the molecule is CCCC(C)COC1CC(Br)C1(C)CC. The Hall–Kier alpha value is 0.440. The van der Waals surface area contributed by atoms with Crippen LogP contribution in [0.2, 0.25) is 0 Å². The van der Waals surface area contributed by atoms with Crippen LogP contribution in [0.3, 0.4) is 0 Å². The van der Waals surface area contributed by atoms with Gasteiger partial charge in [0, 0.05) is 16.8 Å². The van der Waals surface area contributed by atoms with E-state index in [0.717, 1.165) is 6.61 Å². The molecular formula is C13H25BrO. The topological polar surface area (TPSA) is 9.23 Å². The van der Waals surface area contributed by atoms with Crippen LogP contribution in [-0.2, 0) is 4.74 Å². The minimum Gasteiger partial charge on any atom is -0.377 e. The van der Waals surface area contributed by atoms with Crippen LogP contribution < -0.4 is 0 Å². The van der Waals surface area contributed by atoms with Crippen molar-refractivity contribution < 1.29 is 4.74 Å². The van der Waals surface area contributed by atoms with Gasteiger partial charge in [-0.05, 0) is 25.2 Å². The van der Waals surface area contributed by atoms with E-state index in [1.165, 1.54) is 25.7 Å². The molecule has 0 aromatic carbocycles. The molecule has 0 aromatic heterocycles. The Morgan fingerprint density at radius 3 is 2.60 bits per heavy atom. The molecule has 1 rings (SSSR count). The number of halogens is 1. The molecule has 4 atom stereocenters. The van der Waals surface area contributed by atoms with Crippen LogP contribution >= 0.6 is 15.9 Å². The second-order valence-corrected chi connectivity index (χ2v) is 6.38. The van der Waals surface area contributed by atoms with Crippen LogP contribution in [0.1, 0.15) is 53.4 Å². The molecule has 0 heterocycles. The van der Waals surface area contributed by atoms with Crippen molar-refractivity contribution in [3.05, 3.63) is 0 Å². The highest BCUT2D eigenvalue weighted by atomic mass is 79.9. The van der Waals surface area contributed by atoms with E-state index >= 15 is 0 Å². The van der Waals surface area contributed by atoms with Crippen molar-refractivity contribution in [3.8, 4) is 0 Å². The van der Waals surface area contributed by atoms with Crippen molar-refractivity contribution in [3.63, 3.8) is 0 Å². The first kappa shape index (κ1) is 13.5. The Bertz CT molecular complexity index is 195. The summed E-state index contributed by atoms with van der Waals surface area (Å²) in [4.78, 5) is 0.654. The third kappa shape index (κ3) is 2.97. The molecule has 15 heavy (non-hydrogen) atoms. The maximum atomic E-state index is 6.04. The molecule has 0 bridgehead atoms. The maximum Gasteiger partial charge on any atom is 0.0650 e. The van der Waals surface area contributed by atoms with Crippen LogP contribution in [0, 0.1) is 11.3 Å². The lowest BCUT2D eigenvalue weighted by Gasteiger charge is -2.51. The minimum atomic E-state index is 0.367. The highest BCUT2D eigenvalue weighted by Crippen LogP contribution is 2.50. The predicted octanol–water partition coefficient (Wildman–Crippen LogP) is 4.39. The monoisotopic (exact) mass is 276 g/mol. The van der Waals surface area contributed by atoms with E-state index in [4.69, 9.17) is 4.74 Å². The first-order chi connectivity index (χ1) is 7.04. The highest BCUT2D eigenvalue weighted by Gasteiger charge is 2.49. The molecule has 90 valence electrons. The number of alkyl halides is 1. The normalized spacial score (nSPS) is 37.4. The van der Waals surface area contributed by atoms with E-state index in [1.807, 2.05) is 0 Å². The number of hydrogen-bond acceptors (Lipinski definition) is 1. The molecule has 0 spiro atoms. The van der Waals surface area contributed by atoms with Gasteiger partial charge in [-0.1, -0.05) is 50.0 Å². The standard InChI is InChI=1S/C13H25BrO/c1-5-7-10(3)9-15-12-8-11(14)13(12,4)6-2/h10-12H,5-9H2,1-4H3. The third-order valence-corrected chi connectivity index (χ3v) is 5.42. The second-order valence-electron chi connectivity index (χ2n) is 5.28. The quantitative estimate of drug-likeness (QED) is 0.654. The van der Waals surface area contributed by atoms with Gasteiger partial charge in [-0.15, -0.1) is 0 Å². The molecule has 0 saturated heterocycles. The molecule has 1 nitrogen and oxygen atoms in total. The summed E-state index contributed by atoms with van der Waals surface area (Å²) in [7, 11) is 0. The summed E-state index contributed by atoms with van der Waals surface area (Å²) in [5.74, 6) is 0.713. The van der Waals surface area contributed by atoms with Crippen LogP contribution in [0.15, 0.2) is 0 Å². The maximum absolute atomic E-state index is 6.04. The van der Waals surface area contributed by atoms with Crippen LogP contribution in [0.4, 0.5) is 0 Å².